The van der Waals surface area contributed by atoms with Gasteiger partial charge in [0.25, 0.3) is 0 Å². The number of carboxylic acid groups (broad SMARTS) is 2. The van der Waals surface area contributed by atoms with E-state index in [2.05, 4.69) is 17.2 Å². The van der Waals surface area contributed by atoms with Gasteiger partial charge in [-0.3, -0.25) is 14.9 Å². The summed E-state index contributed by atoms with van der Waals surface area (Å²) in [4.78, 5) is 22.6. The summed E-state index contributed by atoms with van der Waals surface area (Å²) in [6, 6.07) is 2.78. The Morgan fingerprint density at radius 3 is 2.08 bits per heavy atom. The molecule has 0 amide bonds. The van der Waals surface area contributed by atoms with E-state index in [1.165, 1.54) is 0 Å². The molecule has 130 valence electrons. The molecule has 0 saturated heterocycles. The molecule has 0 heterocycles. The molecule has 5 nitrogen and oxygen atoms in total. The van der Waals surface area contributed by atoms with Crippen molar-refractivity contribution in [2.24, 2.45) is 5.92 Å². The van der Waals surface area contributed by atoms with Gasteiger partial charge < -0.3 is 10.2 Å². The van der Waals surface area contributed by atoms with Gasteiger partial charge in [-0.1, -0.05) is 48.9 Å². The van der Waals surface area contributed by atoms with Gasteiger partial charge in [0.15, 0.2) is 0 Å². The van der Waals surface area contributed by atoms with Gasteiger partial charge in [-0.05, 0) is 30.5 Å². The highest BCUT2D eigenvalue weighted by Gasteiger charge is 2.25. The number of benzene rings is 1. The molecule has 0 spiro atoms. The summed E-state index contributed by atoms with van der Waals surface area (Å²) in [6.07, 6.45) is 0.289. The Balaban J connectivity index is 2.81. The third-order valence-corrected chi connectivity index (χ3v) is 3.54. The Bertz CT molecular complexity index is 644. The molecule has 0 aliphatic heterocycles. The number of hydrogen-bond acceptors (Lipinski definition) is 3. The van der Waals surface area contributed by atoms with Gasteiger partial charge in [0, 0.05) is 22.0 Å². The third-order valence-electron chi connectivity index (χ3n) is 3.11. The van der Waals surface area contributed by atoms with E-state index in [4.69, 9.17) is 23.2 Å². The number of rotatable bonds is 7. The number of halogens is 2. The van der Waals surface area contributed by atoms with Gasteiger partial charge in [-0.15, -0.1) is 0 Å². The molecule has 0 aromatic heterocycles. The summed E-state index contributed by atoms with van der Waals surface area (Å²) < 4.78 is 0. The molecule has 0 aliphatic rings. The van der Waals surface area contributed by atoms with Crippen molar-refractivity contribution in [3.8, 4) is 11.8 Å². The number of hydrogen-bond donors (Lipinski definition) is 3. The summed E-state index contributed by atoms with van der Waals surface area (Å²) in [7, 11) is 0. The zero-order valence-electron chi connectivity index (χ0n) is 13.3. The van der Waals surface area contributed by atoms with Crippen LogP contribution in [0.4, 0.5) is 0 Å². The van der Waals surface area contributed by atoms with E-state index < -0.39 is 24.0 Å². The molecule has 7 heteroatoms. The van der Waals surface area contributed by atoms with Crippen molar-refractivity contribution < 1.29 is 19.8 Å². The molecule has 3 N–H and O–H groups in total. The summed E-state index contributed by atoms with van der Waals surface area (Å²) in [5.74, 6) is 3.41. The number of aliphatic carboxylic acids is 2. The summed E-state index contributed by atoms with van der Waals surface area (Å²) in [5.41, 5.74) is 0.564. The van der Waals surface area contributed by atoms with Crippen LogP contribution < -0.4 is 5.32 Å². The van der Waals surface area contributed by atoms with Gasteiger partial charge >= 0.3 is 11.9 Å². The van der Waals surface area contributed by atoms with Gasteiger partial charge in [-0.2, -0.15) is 0 Å². The van der Waals surface area contributed by atoms with Crippen LogP contribution in [0.3, 0.4) is 0 Å². The van der Waals surface area contributed by atoms with E-state index in [1.807, 2.05) is 13.8 Å². The minimum Gasteiger partial charge on any atom is -0.480 e. The van der Waals surface area contributed by atoms with Crippen LogP contribution >= 0.6 is 23.2 Å². The van der Waals surface area contributed by atoms with Crippen LogP contribution in [0.15, 0.2) is 18.2 Å². The van der Waals surface area contributed by atoms with Crippen LogP contribution in [0.2, 0.25) is 10.0 Å². The maximum absolute atomic E-state index is 11.3. The SMILES string of the molecule is CC(C)CC(N[C@@H](CC#Cc1cc(Cl)cc(Cl)c1)C(=O)O)C(=O)O. The highest BCUT2D eigenvalue weighted by molar-refractivity contribution is 6.34. The summed E-state index contributed by atoms with van der Waals surface area (Å²) >= 11 is 11.7. The van der Waals surface area contributed by atoms with Crippen molar-refractivity contribution in [1.82, 2.24) is 5.32 Å². The average molecular weight is 372 g/mol. The second-order valence-electron chi connectivity index (χ2n) is 5.74. The molecule has 2 atom stereocenters. The lowest BCUT2D eigenvalue weighted by atomic mass is 10.0. The number of carbonyl (C=O) groups is 2. The maximum atomic E-state index is 11.3. The van der Waals surface area contributed by atoms with Crippen LogP contribution in [0.5, 0.6) is 0 Å². The van der Waals surface area contributed by atoms with E-state index in [0.29, 0.717) is 22.0 Å². The molecule has 1 aromatic carbocycles. The minimum atomic E-state index is -1.15. The number of nitrogens with one attached hydrogen (secondary N) is 1. The van der Waals surface area contributed by atoms with Crippen LogP contribution in [0.25, 0.3) is 0 Å². The van der Waals surface area contributed by atoms with E-state index in [9.17, 15) is 19.8 Å². The van der Waals surface area contributed by atoms with Gasteiger partial charge in [-0.25, -0.2) is 0 Å². The van der Waals surface area contributed by atoms with E-state index in [1.54, 1.807) is 18.2 Å². The number of carboxylic acids is 2. The van der Waals surface area contributed by atoms with Crippen molar-refractivity contribution >= 4 is 35.1 Å². The van der Waals surface area contributed by atoms with Crippen LogP contribution in [-0.4, -0.2) is 34.2 Å². The first-order valence-corrected chi connectivity index (χ1v) is 8.11. The summed E-state index contributed by atoms with van der Waals surface area (Å²) in [5, 5.41) is 22.0. The van der Waals surface area contributed by atoms with Gasteiger partial charge in [0.1, 0.15) is 12.1 Å². The second-order valence-corrected chi connectivity index (χ2v) is 6.61. The highest BCUT2D eigenvalue weighted by atomic mass is 35.5. The van der Waals surface area contributed by atoms with Crippen molar-refractivity contribution in [2.75, 3.05) is 0 Å². The standard InChI is InChI=1S/C17H19Cl2NO4/c1-10(2)6-15(17(23)24)20-14(16(21)22)5-3-4-11-7-12(18)9-13(19)8-11/h7-10,14-15,20H,5-6H2,1-2H3,(H,21,22)(H,23,24)/t14-,15?/m0/s1. The molecule has 1 unspecified atom stereocenters. The molecular formula is C17H19Cl2NO4. The molecule has 0 saturated carbocycles. The van der Waals surface area contributed by atoms with Crippen molar-refractivity contribution in [1.29, 1.82) is 0 Å². The van der Waals surface area contributed by atoms with Crippen molar-refractivity contribution in [3.05, 3.63) is 33.8 Å². The molecule has 0 bridgehead atoms. The fourth-order valence-corrected chi connectivity index (χ4v) is 2.58. The van der Waals surface area contributed by atoms with Crippen LogP contribution in [-0.2, 0) is 9.59 Å². The minimum absolute atomic E-state index is 0.0403. The molecule has 1 rings (SSSR count). The predicted molar refractivity (Wildman–Crippen MR) is 93.4 cm³/mol. The Labute approximate surface area is 151 Å². The lowest BCUT2D eigenvalue weighted by Gasteiger charge is -2.20. The lowest BCUT2D eigenvalue weighted by Crippen LogP contribution is -2.47. The first-order chi connectivity index (χ1) is 11.2. The Morgan fingerprint density at radius 2 is 1.62 bits per heavy atom. The Morgan fingerprint density at radius 1 is 1.08 bits per heavy atom. The summed E-state index contributed by atoms with van der Waals surface area (Å²) in [6.45, 7) is 3.74. The van der Waals surface area contributed by atoms with Crippen molar-refractivity contribution in [3.63, 3.8) is 0 Å². The van der Waals surface area contributed by atoms with E-state index in [-0.39, 0.29) is 12.3 Å². The van der Waals surface area contributed by atoms with Gasteiger partial charge in [0.2, 0.25) is 0 Å². The highest BCUT2D eigenvalue weighted by Crippen LogP contribution is 2.18. The fraction of sp³-hybridized carbons (Fsp3) is 0.412. The first-order valence-electron chi connectivity index (χ1n) is 7.35. The zero-order chi connectivity index (χ0) is 18.3. The molecule has 1 aromatic rings. The second kappa shape index (κ2) is 9.53. The molecule has 0 fully saturated rings. The van der Waals surface area contributed by atoms with Crippen molar-refractivity contribution in [2.45, 2.75) is 38.8 Å². The Kier molecular flexibility index (Phi) is 8.06. The molecule has 24 heavy (non-hydrogen) atoms. The van der Waals surface area contributed by atoms with Crippen LogP contribution in [0, 0.1) is 17.8 Å². The third kappa shape index (κ3) is 7.22. The maximum Gasteiger partial charge on any atom is 0.321 e. The monoisotopic (exact) mass is 371 g/mol. The molecule has 0 aliphatic carbocycles. The average Bonchev–Trinajstić information content (AvgIpc) is 2.43. The lowest BCUT2D eigenvalue weighted by molar-refractivity contribution is -0.142. The predicted octanol–water partition coefficient (Wildman–Crippen LogP) is 3.28. The van der Waals surface area contributed by atoms with Gasteiger partial charge in [0.05, 0.1) is 0 Å². The van der Waals surface area contributed by atoms with E-state index in [0.717, 1.165) is 0 Å². The van der Waals surface area contributed by atoms with Crippen LogP contribution in [0.1, 0.15) is 32.3 Å². The Hall–Kier alpha value is -1.74. The molecular weight excluding hydrogens is 353 g/mol. The largest absolute Gasteiger partial charge is 0.480 e. The normalized spacial score (nSPS) is 13.0. The topological polar surface area (TPSA) is 86.6 Å². The van der Waals surface area contributed by atoms with E-state index >= 15 is 0 Å². The smallest absolute Gasteiger partial charge is 0.321 e. The molecule has 0 radical (unpaired) electrons. The fourth-order valence-electron chi connectivity index (χ4n) is 2.05. The first kappa shape index (κ1) is 20.3. The quantitative estimate of drug-likeness (QED) is 0.640. The zero-order valence-corrected chi connectivity index (χ0v) is 14.9.